The summed E-state index contributed by atoms with van der Waals surface area (Å²) in [5.41, 5.74) is 2.11. The van der Waals surface area contributed by atoms with Gasteiger partial charge in [-0.05, 0) is 55.0 Å². The van der Waals surface area contributed by atoms with Crippen molar-refractivity contribution in [2.75, 3.05) is 4.72 Å². The molecule has 0 saturated heterocycles. The van der Waals surface area contributed by atoms with Gasteiger partial charge in [-0.3, -0.25) is 19.6 Å². The molecule has 152 valence electrons. The molecule has 0 unspecified atom stereocenters. The van der Waals surface area contributed by atoms with E-state index in [1.54, 1.807) is 18.2 Å². The van der Waals surface area contributed by atoms with Crippen LogP contribution in [-0.4, -0.2) is 19.1 Å². The third-order valence-corrected chi connectivity index (χ3v) is 5.66. The molecule has 0 fully saturated rings. The van der Waals surface area contributed by atoms with Gasteiger partial charge in [-0.15, -0.1) is 0 Å². The Bertz CT molecular complexity index is 1220. The molecular weight excluding hydrogens is 404 g/mol. The minimum atomic E-state index is -3.72. The molecule has 3 aromatic carbocycles. The number of hydrogen-bond acceptors (Lipinski definition) is 5. The number of benzene rings is 3. The van der Waals surface area contributed by atoms with E-state index in [-0.39, 0.29) is 16.4 Å². The van der Waals surface area contributed by atoms with Crippen molar-refractivity contribution in [3.63, 3.8) is 0 Å². The Balaban J connectivity index is 1.70. The van der Waals surface area contributed by atoms with Gasteiger partial charge in [-0.2, -0.15) is 0 Å². The van der Waals surface area contributed by atoms with Gasteiger partial charge in [0, 0.05) is 23.4 Å². The average Bonchev–Trinajstić information content (AvgIpc) is 2.73. The second-order valence-electron chi connectivity index (χ2n) is 6.55. The molecule has 30 heavy (non-hydrogen) atoms. The van der Waals surface area contributed by atoms with Gasteiger partial charge >= 0.3 is 0 Å². The normalized spacial score (nSPS) is 11.4. The number of nitro benzene ring substituents is 1. The van der Waals surface area contributed by atoms with Gasteiger partial charge in [-0.1, -0.05) is 35.9 Å². The maximum atomic E-state index is 12.4. The molecule has 0 aromatic heterocycles. The second kappa shape index (κ2) is 8.71. The number of carbonyl (C=O) groups is 1. The maximum absolute atomic E-state index is 12.4. The van der Waals surface area contributed by atoms with E-state index >= 15 is 0 Å². The van der Waals surface area contributed by atoms with Gasteiger partial charge in [0.25, 0.3) is 15.7 Å². The molecule has 1 N–H and O–H groups in total. The Kier molecular flexibility index (Phi) is 6.08. The van der Waals surface area contributed by atoms with E-state index in [9.17, 15) is 23.3 Å². The average molecular weight is 422 g/mol. The lowest BCUT2D eigenvalue weighted by molar-refractivity contribution is -0.384. The second-order valence-corrected chi connectivity index (χ2v) is 8.23. The lowest BCUT2D eigenvalue weighted by Crippen LogP contribution is -2.13. The molecule has 0 aliphatic heterocycles. The number of allylic oxidation sites excluding steroid dienone is 1. The van der Waals surface area contributed by atoms with Crippen molar-refractivity contribution in [2.24, 2.45) is 0 Å². The Morgan fingerprint density at radius 2 is 1.67 bits per heavy atom. The van der Waals surface area contributed by atoms with Crippen molar-refractivity contribution in [3.8, 4) is 0 Å². The molecular formula is C22H18N2O5S. The van der Waals surface area contributed by atoms with Crippen LogP contribution in [-0.2, 0) is 10.0 Å². The number of aryl methyl sites for hydroxylation is 1. The van der Waals surface area contributed by atoms with Crippen LogP contribution in [0, 0.1) is 17.0 Å². The zero-order valence-corrected chi connectivity index (χ0v) is 16.8. The summed E-state index contributed by atoms with van der Waals surface area (Å²) in [6.07, 6.45) is 2.80. The van der Waals surface area contributed by atoms with Crippen LogP contribution in [0.25, 0.3) is 6.08 Å². The SMILES string of the molecule is Cc1ccc(S(=O)(=O)Nc2ccc(C(=O)/C=C/c3cccc([N+](=O)[O-])c3)cc2)cc1. The van der Waals surface area contributed by atoms with Gasteiger partial charge in [0.2, 0.25) is 0 Å². The molecule has 3 rings (SSSR count). The number of non-ortho nitro benzene ring substituents is 1. The number of anilines is 1. The van der Waals surface area contributed by atoms with Gasteiger partial charge in [-0.25, -0.2) is 8.42 Å². The summed E-state index contributed by atoms with van der Waals surface area (Å²) in [5.74, 6) is -0.311. The van der Waals surface area contributed by atoms with E-state index in [2.05, 4.69) is 4.72 Å². The fourth-order valence-corrected chi connectivity index (χ4v) is 3.70. The van der Waals surface area contributed by atoms with Crippen LogP contribution >= 0.6 is 0 Å². The van der Waals surface area contributed by atoms with Crippen LogP contribution in [0.1, 0.15) is 21.5 Å². The quantitative estimate of drug-likeness (QED) is 0.259. The first-order valence-electron chi connectivity index (χ1n) is 8.91. The van der Waals surface area contributed by atoms with E-state index < -0.39 is 14.9 Å². The maximum Gasteiger partial charge on any atom is 0.270 e. The molecule has 0 radical (unpaired) electrons. The minimum absolute atomic E-state index is 0.0604. The molecule has 0 heterocycles. The third-order valence-electron chi connectivity index (χ3n) is 4.26. The summed E-state index contributed by atoms with van der Waals surface area (Å²) in [7, 11) is -3.72. The smallest absolute Gasteiger partial charge is 0.270 e. The molecule has 0 atom stereocenters. The highest BCUT2D eigenvalue weighted by Gasteiger charge is 2.14. The first-order chi connectivity index (χ1) is 14.2. The number of nitrogens with one attached hydrogen (secondary N) is 1. The monoisotopic (exact) mass is 422 g/mol. The molecule has 3 aromatic rings. The third kappa shape index (κ3) is 5.18. The minimum Gasteiger partial charge on any atom is -0.289 e. The van der Waals surface area contributed by atoms with E-state index in [1.807, 2.05) is 6.92 Å². The lowest BCUT2D eigenvalue weighted by Gasteiger charge is -2.08. The number of hydrogen-bond donors (Lipinski definition) is 1. The van der Waals surface area contributed by atoms with Crippen LogP contribution < -0.4 is 4.72 Å². The van der Waals surface area contributed by atoms with Crippen LogP contribution in [0.4, 0.5) is 11.4 Å². The van der Waals surface area contributed by atoms with Gasteiger partial charge < -0.3 is 0 Å². The Hall–Kier alpha value is -3.78. The number of nitrogens with zero attached hydrogens (tertiary/aromatic N) is 1. The molecule has 0 aliphatic carbocycles. The zero-order chi connectivity index (χ0) is 21.7. The van der Waals surface area contributed by atoms with E-state index in [0.29, 0.717) is 16.8 Å². The first kappa shape index (κ1) is 20.9. The summed E-state index contributed by atoms with van der Waals surface area (Å²) >= 11 is 0. The number of rotatable bonds is 7. The largest absolute Gasteiger partial charge is 0.289 e. The predicted octanol–water partition coefficient (Wildman–Crippen LogP) is 4.60. The fourth-order valence-electron chi connectivity index (χ4n) is 2.64. The molecule has 8 heteroatoms. The molecule has 0 saturated carbocycles. The van der Waals surface area contributed by atoms with Crippen LogP contribution in [0.5, 0.6) is 0 Å². The molecule has 0 bridgehead atoms. The summed E-state index contributed by atoms with van der Waals surface area (Å²) in [4.78, 5) is 22.8. The summed E-state index contributed by atoms with van der Waals surface area (Å²) < 4.78 is 27.3. The topological polar surface area (TPSA) is 106 Å². The summed E-state index contributed by atoms with van der Waals surface area (Å²) in [6, 6.07) is 18.4. The van der Waals surface area contributed by atoms with Gasteiger partial charge in [0.05, 0.1) is 9.82 Å². The number of carbonyl (C=O) groups excluding carboxylic acids is 1. The van der Waals surface area contributed by atoms with Crippen molar-refractivity contribution >= 4 is 33.3 Å². The number of nitro groups is 1. The van der Waals surface area contributed by atoms with Gasteiger partial charge in [0.1, 0.15) is 0 Å². The lowest BCUT2D eigenvalue weighted by atomic mass is 10.1. The van der Waals surface area contributed by atoms with Crippen molar-refractivity contribution < 1.29 is 18.1 Å². The Morgan fingerprint density at radius 3 is 2.30 bits per heavy atom. The van der Waals surface area contributed by atoms with E-state index in [1.165, 1.54) is 66.7 Å². The molecule has 7 nitrogen and oxygen atoms in total. The van der Waals surface area contributed by atoms with Gasteiger partial charge in [0.15, 0.2) is 5.78 Å². The summed E-state index contributed by atoms with van der Waals surface area (Å²) in [6.45, 7) is 1.87. The fraction of sp³-hybridized carbons (Fsp3) is 0.0455. The van der Waals surface area contributed by atoms with Crippen molar-refractivity contribution in [1.82, 2.24) is 0 Å². The van der Waals surface area contributed by atoms with Crippen molar-refractivity contribution in [2.45, 2.75) is 11.8 Å². The molecule has 0 spiro atoms. The highest BCUT2D eigenvalue weighted by atomic mass is 32.2. The van der Waals surface area contributed by atoms with Crippen LogP contribution in [0.15, 0.2) is 83.8 Å². The van der Waals surface area contributed by atoms with Crippen molar-refractivity contribution in [1.29, 1.82) is 0 Å². The van der Waals surface area contributed by atoms with Crippen LogP contribution in [0.2, 0.25) is 0 Å². The van der Waals surface area contributed by atoms with Crippen LogP contribution in [0.3, 0.4) is 0 Å². The highest BCUT2D eigenvalue weighted by Crippen LogP contribution is 2.18. The number of ketones is 1. The Morgan fingerprint density at radius 1 is 1.00 bits per heavy atom. The Labute approximate surface area is 173 Å². The van der Waals surface area contributed by atoms with Crippen molar-refractivity contribution in [3.05, 3.63) is 106 Å². The standard InChI is InChI=1S/C22H18N2O5S/c1-16-5-12-21(13-6-16)30(28,29)23-19-10-8-18(9-11-19)22(25)14-7-17-3-2-4-20(15-17)24(26)27/h2-15,23H,1H3/b14-7+. The molecule has 0 aliphatic rings. The molecule has 0 amide bonds. The number of sulfonamides is 1. The van der Waals surface area contributed by atoms with E-state index in [4.69, 9.17) is 0 Å². The zero-order valence-electron chi connectivity index (χ0n) is 16.0. The summed E-state index contributed by atoms with van der Waals surface area (Å²) in [5, 5.41) is 10.8. The highest BCUT2D eigenvalue weighted by molar-refractivity contribution is 7.92. The van der Waals surface area contributed by atoms with E-state index in [0.717, 1.165) is 5.56 Å². The first-order valence-corrected chi connectivity index (χ1v) is 10.4. The predicted molar refractivity (Wildman–Crippen MR) is 115 cm³/mol.